The molecule has 0 bridgehead atoms. The summed E-state index contributed by atoms with van der Waals surface area (Å²) in [6, 6.07) is 10.5. The molecule has 1 amide bonds. The molecule has 1 fully saturated rings. The average molecular weight is 398 g/mol. The van der Waals surface area contributed by atoms with Gasteiger partial charge in [-0.2, -0.15) is 15.4 Å². The SMILES string of the molecule is O=C(c1cccc2n[nH]nc12)N1CC[C@H](O)[C@](Cc2ccc(F)cc2)(C(=O)O)C1. The number of amides is 1. The molecular weight excluding hydrogens is 379 g/mol. The lowest BCUT2D eigenvalue weighted by Crippen LogP contribution is -2.58. The Kier molecular flexibility index (Phi) is 4.75. The number of aromatic nitrogens is 3. The zero-order valence-electron chi connectivity index (χ0n) is 15.4. The number of likely N-dealkylation sites (tertiary alicyclic amines) is 1. The van der Waals surface area contributed by atoms with E-state index in [9.17, 15) is 24.2 Å². The molecule has 4 rings (SSSR count). The van der Waals surface area contributed by atoms with Gasteiger partial charge in [0, 0.05) is 13.1 Å². The van der Waals surface area contributed by atoms with Crippen LogP contribution < -0.4 is 0 Å². The normalized spacial score (nSPS) is 22.0. The summed E-state index contributed by atoms with van der Waals surface area (Å²) in [5.41, 5.74) is 0.227. The molecule has 2 aromatic carbocycles. The summed E-state index contributed by atoms with van der Waals surface area (Å²) in [6.45, 7) is 0.0423. The molecule has 0 aliphatic carbocycles. The first-order valence-corrected chi connectivity index (χ1v) is 9.15. The number of rotatable bonds is 4. The molecule has 3 N–H and O–H groups in total. The molecule has 3 aromatic rings. The monoisotopic (exact) mass is 398 g/mol. The molecule has 150 valence electrons. The average Bonchev–Trinajstić information content (AvgIpc) is 3.19. The largest absolute Gasteiger partial charge is 0.481 e. The third-order valence-corrected chi connectivity index (χ3v) is 5.51. The third-order valence-electron chi connectivity index (χ3n) is 5.51. The summed E-state index contributed by atoms with van der Waals surface area (Å²) in [7, 11) is 0. The van der Waals surface area contributed by atoms with Gasteiger partial charge in [-0.05, 0) is 42.7 Å². The number of piperidine rings is 1. The molecular formula is C20H19FN4O4. The number of hydrogen-bond acceptors (Lipinski definition) is 5. The maximum absolute atomic E-state index is 13.2. The topological polar surface area (TPSA) is 119 Å². The molecule has 0 spiro atoms. The lowest BCUT2D eigenvalue weighted by molar-refractivity contribution is -0.161. The first-order chi connectivity index (χ1) is 13.9. The highest BCUT2D eigenvalue weighted by Crippen LogP contribution is 2.35. The number of carbonyl (C=O) groups excluding carboxylic acids is 1. The Morgan fingerprint density at radius 2 is 1.97 bits per heavy atom. The fraction of sp³-hybridized carbons (Fsp3) is 0.300. The van der Waals surface area contributed by atoms with E-state index >= 15 is 0 Å². The van der Waals surface area contributed by atoms with Crippen molar-refractivity contribution in [2.24, 2.45) is 5.41 Å². The number of nitrogens with zero attached hydrogens (tertiary/aromatic N) is 3. The van der Waals surface area contributed by atoms with Gasteiger partial charge in [-0.1, -0.05) is 18.2 Å². The lowest BCUT2D eigenvalue weighted by atomic mass is 9.72. The first-order valence-electron chi connectivity index (χ1n) is 9.15. The van der Waals surface area contributed by atoms with Crippen LogP contribution in [-0.4, -0.2) is 61.6 Å². The van der Waals surface area contributed by atoms with Crippen molar-refractivity contribution < 1.29 is 24.2 Å². The van der Waals surface area contributed by atoms with Crippen LogP contribution in [0.15, 0.2) is 42.5 Å². The van der Waals surface area contributed by atoms with Gasteiger partial charge < -0.3 is 15.1 Å². The fourth-order valence-corrected chi connectivity index (χ4v) is 3.89. The zero-order valence-corrected chi connectivity index (χ0v) is 15.4. The number of benzene rings is 2. The van der Waals surface area contributed by atoms with E-state index in [4.69, 9.17) is 0 Å². The predicted molar refractivity (Wildman–Crippen MR) is 101 cm³/mol. The molecule has 0 radical (unpaired) electrons. The lowest BCUT2D eigenvalue weighted by Gasteiger charge is -2.43. The van der Waals surface area contributed by atoms with Crippen molar-refractivity contribution in [2.45, 2.75) is 18.9 Å². The molecule has 2 atom stereocenters. The number of nitrogens with one attached hydrogen (secondary N) is 1. The minimum atomic E-state index is -1.59. The number of fused-ring (bicyclic) bond motifs is 1. The smallest absolute Gasteiger partial charge is 0.314 e. The van der Waals surface area contributed by atoms with Crippen LogP contribution in [0, 0.1) is 11.2 Å². The summed E-state index contributed by atoms with van der Waals surface area (Å²) in [5.74, 6) is -2.01. The van der Waals surface area contributed by atoms with Crippen LogP contribution in [0.4, 0.5) is 4.39 Å². The standard InChI is InChI=1S/C20H19FN4O4/c21-13-6-4-12(5-7-13)10-20(19(28)29)11-25(9-8-16(20)26)18(27)14-2-1-3-15-17(14)23-24-22-15/h1-7,16,26H,8-11H2,(H,28,29)(H,22,23,24)/t16-,20+/m0/s1. The van der Waals surface area contributed by atoms with Gasteiger partial charge in [0.15, 0.2) is 0 Å². The summed E-state index contributed by atoms with van der Waals surface area (Å²) < 4.78 is 13.2. The molecule has 8 nitrogen and oxygen atoms in total. The molecule has 1 aromatic heterocycles. The van der Waals surface area contributed by atoms with Gasteiger partial charge in [0.2, 0.25) is 0 Å². The van der Waals surface area contributed by atoms with Gasteiger partial charge in [0.1, 0.15) is 22.3 Å². The van der Waals surface area contributed by atoms with Crippen molar-refractivity contribution in [3.8, 4) is 0 Å². The zero-order chi connectivity index (χ0) is 20.6. The van der Waals surface area contributed by atoms with E-state index in [2.05, 4.69) is 15.4 Å². The van der Waals surface area contributed by atoms with Crippen LogP contribution in [0.2, 0.25) is 0 Å². The third kappa shape index (κ3) is 3.33. The molecule has 1 aliphatic rings. The van der Waals surface area contributed by atoms with Gasteiger partial charge >= 0.3 is 5.97 Å². The number of halogens is 1. The second kappa shape index (κ2) is 7.25. The Hall–Kier alpha value is -3.33. The molecule has 2 heterocycles. The Bertz CT molecular complexity index is 1070. The molecule has 29 heavy (non-hydrogen) atoms. The maximum atomic E-state index is 13.2. The second-order valence-electron chi connectivity index (χ2n) is 7.29. The van der Waals surface area contributed by atoms with Crippen LogP contribution in [0.5, 0.6) is 0 Å². The Morgan fingerprint density at radius 1 is 1.21 bits per heavy atom. The van der Waals surface area contributed by atoms with E-state index in [-0.39, 0.29) is 31.8 Å². The Balaban J connectivity index is 1.66. The number of aliphatic hydroxyl groups excluding tert-OH is 1. The number of aromatic amines is 1. The van der Waals surface area contributed by atoms with Crippen LogP contribution in [0.1, 0.15) is 22.3 Å². The van der Waals surface area contributed by atoms with Crippen molar-refractivity contribution in [3.63, 3.8) is 0 Å². The fourth-order valence-electron chi connectivity index (χ4n) is 3.89. The summed E-state index contributed by atoms with van der Waals surface area (Å²) in [5, 5.41) is 31.0. The maximum Gasteiger partial charge on any atom is 0.314 e. The van der Waals surface area contributed by atoms with E-state index < -0.39 is 23.3 Å². The Labute approximate surface area is 165 Å². The van der Waals surface area contributed by atoms with Gasteiger partial charge in [-0.3, -0.25) is 9.59 Å². The van der Waals surface area contributed by atoms with Crippen molar-refractivity contribution in [1.29, 1.82) is 0 Å². The number of carboxylic acid groups (broad SMARTS) is 1. The number of carbonyl (C=O) groups is 2. The summed E-state index contributed by atoms with van der Waals surface area (Å²) in [4.78, 5) is 26.8. The van der Waals surface area contributed by atoms with Crippen molar-refractivity contribution >= 4 is 22.9 Å². The molecule has 0 saturated carbocycles. The number of carboxylic acids is 1. The van der Waals surface area contributed by atoms with Gasteiger partial charge in [0.25, 0.3) is 5.91 Å². The van der Waals surface area contributed by atoms with E-state index in [1.807, 2.05) is 0 Å². The number of aliphatic hydroxyl groups is 1. The van der Waals surface area contributed by atoms with Gasteiger partial charge in [-0.25, -0.2) is 4.39 Å². The summed E-state index contributed by atoms with van der Waals surface area (Å²) >= 11 is 0. The number of H-pyrrole nitrogens is 1. The highest BCUT2D eigenvalue weighted by atomic mass is 19.1. The van der Waals surface area contributed by atoms with Crippen LogP contribution in [-0.2, 0) is 11.2 Å². The number of aliphatic carboxylic acids is 1. The second-order valence-corrected chi connectivity index (χ2v) is 7.29. The van der Waals surface area contributed by atoms with E-state index in [1.165, 1.54) is 29.2 Å². The number of para-hydroxylation sites is 1. The van der Waals surface area contributed by atoms with Crippen molar-refractivity contribution in [2.75, 3.05) is 13.1 Å². The molecule has 9 heteroatoms. The first kappa shape index (κ1) is 19.0. The summed E-state index contributed by atoms with van der Waals surface area (Å²) in [6.07, 6.45) is -1.05. The molecule has 1 aliphatic heterocycles. The van der Waals surface area contributed by atoms with Crippen molar-refractivity contribution in [1.82, 2.24) is 20.3 Å². The van der Waals surface area contributed by atoms with E-state index in [1.54, 1.807) is 18.2 Å². The van der Waals surface area contributed by atoms with Crippen molar-refractivity contribution in [3.05, 3.63) is 59.4 Å². The number of hydrogen-bond donors (Lipinski definition) is 3. The Morgan fingerprint density at radius 3 is 2.69 bits per heavy atom. The van der Waals surface area contributed by atoms with Crippen LogP contribution >= 0.6 is 0 Å². The molecule has 1 saturated heterocycles. The molecule has 0 unspecified atom stereocenters. The van der Waals surface area contributed by atoms with Crippen LogP contribution in [0.3, 0.4) is 0 Å². The van der Waals surface area contributed by atoms with Gasteiger partial charge in [0.05, 0.1) is 11.7 Å². The highest BCUT2D eigenvalue weighted by molar-refractivity contribution is 6.04. The minimum absolute atomic E-state index is 0.0261. The van der Waals surface area contributed by atoms with E-state index in [0.29, 0.717) is 22.2 Å². The highest BCUT2D eigenvalue weighted by Gasteiger charge is 2.50. The van der Waals surface area contributed by atoms with Crippen LogP contribution in [0.25, 0.3) is 11.0 Å². The minimum Gasteiger partial charge on any atom is -0.481 e. The quantitative estimate of drug-likeness (QED) is 0.614. The predicted octanol–water partition coefficient (Wildman–Crippen LogP) is 1.62. The van der Waals surface area contributed by atoms with Gasteiger partial charge in [-0.15, -0.1) is 0 Å². The van der Waals surface area contributed by atoms with E-state index in [0.717, 1.165) is 0 Å².